The average Bonchev–Trinajstić information content (AvgIpc) is 3.39. The zero-order valence-electron chi connectivity index (χ0n) is 15.4. The lowest BCUT2D eigenvalue weighted by Crippen LogP contribution is -2.25. The molecule has 1 heterocycles. The third-order valence-electron chi connectivity index (χ3n) is 4.42. The Balaban J connectivity index is 1.45. The number of rotatable bonds is 6. The van der Waals surface area contributed by atoms with Gasteiger partial charge in [0.05, 0.1) is 6.20 Å². The lowest BCUT2D eigenvalue weighted by molar-refractivity contribution is 0.0949. The normalized spacial score (nSPS) is 13.0. The van der Waals surface area contributed by atoms with Crippen LogP contribution in [0, 0.1) is 6.92 Å². The number of carbonyl (C=O) groups excluding carboxylic acids is 2. The third kappa shape index (κ3) is 4.37. The molecule has 3 aromatic rings. The third-order valence-corrected chi connectivity index (χ3v) is 5.33. The SMILES string of the molecule is Cc1ccc(C(=O)NC2CC2)cc1NC(=O)c1cnc(Nc2ccccc2)s1. The van der Waals surface area contributed by atoms with Crippen LogP contribution in [0.5, 0.6) is 0 Å². The van der Waals surface area contributed by atoms with Gasteiger partial charge in [0.2, 0.25) is 0 Å². The highest BCUT2D eigenvalue weighted by atomic mass is 32.1. The Labute approximate surface area is 167 Å². The summed E-state index contributed by atoms with van der Waals surface area (Å²) >= 11 is 1.27. The van der Waals surface area contributed by atoms with Gasteiger partial charge < -0.3 is 16.0 Å². The summed E-state index contributed by atoms with van der Waals surface area (Å²) in [6, 6.07) is 15.3. The molecule has 4 rings (SSSR count). The number of thiazole rings is 1. The van der Waals surface area contributed by atoms with Crippen molar-refractivity contribution >= 4 is 39.7 Å². The van der Waals surface area contributed by atoms with E-state index in [0.717, 1.165) is 24.1 Å². The fraction of sp³-hybridized carbons (Fsp3) is 0.190. The van der Waals surface area contributed by atoms with Crippen LogP contribution in [-0.2, 0) is 0 Å². The summed E-state index contributed by atoms with van der Waals surface area (Å²) in [5, 5.41) is 9.67. The number of benzene rings is 2. The summed E-state index contributed by atoms with van der Waals surface area (Å²) < 4.78 is 0. The van der Waals surface area contributed by atoms with Crippen molar-refractivity contribution in [3.63, 3.8) is 0 Å². The van der Waals surface area contributed by atoms with Crippen molar-refractivity contribution < 1.29 is 9.59 Å². The molecule has 3 N–H and O–H groups in total. The summed E-state index contributed by atoms with van der Waals surface area (Å²) in [6.07, 6.45) is 3.61. The van der Waals surface area contributed by atoms with Gasteiger partial charge in [-0.1, -0.05) is 35.6 Å². The smallest absolute Gasteiger partial charge is 0.267 e. The predicted octanol–water partition coefficient (Wildman–Crippen LogP) is 4.34. The van der Waals surface area contributed by atoms with E-state index in [1.807, 2.05) is 43.3 Å². The largest absolute Gasteiger partial charge is 0.349 e. The number of anilines is 3. The second-order valence-corrected chi connectivity index (χ2v) is 7.78. The summed E-state index contributed by atoms with van der Waals surface area (Å²) in [5.74, 6) is -0.355. The van der Waals surface area contributed by atoms with E-state index >= 15 is 0 Å². The van der Waals surface area contributed by atoms with Gasteiger partial charge in [-0.05, 0) is 49.6 Å². The first-order chi connectivity index (χ1) is 13.6. The number of para-hydroxylation sites is 1. The molecule has 2 amide bonds. The minimum Gasteiger partial charge on any atom is -0.349 e. The van der Waals surface area contributed by atoms with Crippen LogP contribution in [0.1, 0.15) is 38.4 Å². The van der Waals surface area contributed by atoms with Crippen LogP contribution in [0.2, 0.25) is 0 Å². The molecule has 0 spiro atoms. The summed E-state index contributed by atoms with van der Waals surface area (Å²) in [4.78, 5) is 29.6. The standard InChI is InChI=1S/C21H20N4O2S/c1-13-7-8-14(19(26)23-16-9-10-16)11-17(13)25-20(27)18-12-22-21(28-18)24-15-5-3-2-4-6-15/h2-8,11-12,16H,9-10H2,1H3,(H,22,24)(H,23,26)(H,25,27). The highest BCUT2D eigenvalue weighted by Gasteiger charge is 2.24. The highest BCUT2D eigenvalue weighted by Crippen LogP contribution is 2.25. The van der Waals surface area contributed by atoms with Gasteiger partial charge in [-0.3, -0.25) is 9.59 Å². The van der Waals surface area contributed by atoms with Crippen LogP contribution < -0.4 is 16.0 Å². The van der Waals surface area contributed by atoms with Crippen LogP contribution >= 0.6 is 11.3 Å². The molecule has 0 saturated heterocycles. The van der Waals surface area contributed by atoms with Crippen molar-refractivity contribution in [2.45, 2.75) is 25.8 Å². The number of hydrogen-bond acceptors (Lipinski definition) is 5. The fourth-order valence-electron chi connectivity index (χ4n) is 2.66. The Morgan fingerprint density at radius 2 is 1.86 bits per heavy atom. The van der Waals surface area contributed by atoms with Crippen molar-refractivity contribution in [2.75, 3.05) is 10.6 Å². The van der Waals surface area contributed by atoms with Crippen LogP contribution in [0.15, 0.2) is 54.7 Å². The van der Waals surface area contributed by atoms with Crippen molar-refractivity contribution in [3.05, 3.63) is 70.7 Å². The molecule has 0 radical (unpaired) electrons. The lowest BCUT2D eigenvalue weighted by Gasteiger charge is -2.10. The van der Waals surface area contributed by atoms with Gasteiger partial charge in [0, 0.05) is 23.0 Å². The van der Waals surface area contributed by atoms with Crippen molar-refractivity contribution in [2.24, 2.45) is 0 Å². The van der Waals surface area contributed by atoms with E-state index in [-0.39, 0.29) is 11.8 Å². The Bertz CT molecular complexity index is 1010. The van der Waals surface area contributed by atoms with Gasteiger partial charge in [0.25, 0.3) is 11.8 Å². The van der Waals surface area contributed by atoms with Crippen LogP contribution in [0.4, 0.5) is 16.5 Å². The van der Waals surface area contributed by atoms with Crippen LogP contribution in [0.3, 0.4) is 0 Å². The Hall–Kier alpha value is -3.19. The summed E-state index contributed by atoms with van der Waals surface area (Å²) in [6.45, 7) is 1.90. The first-order valence-electron chi connectivity index (χ1n) is 9.09. The highest BCUT2D eigenvalue weighted by molar-refractivity contribution is 7.17. The van der Waals surface area contributed by atoms with Crippen molar-refractivity contribution in [1.82, 2.24) is 10.3 Å². The topological polar surface area (TPSA) is 83.1 Å². The molecule has 2 aromatic carbocycles. The molecule has 7 heteroatoms. The maximum absolute atomic E-state index is 12.6. The average molecular weight is 392 g/mol. The second kappa shape index (κ2) is 7.82. The number of carbonyl (C=O) groups is 2. The van der Waals surface area contributed by atoms with E-state index in [1.54, 1.807) is 18.3 Å². The zero-order chi connectivity index (χ0) is 19.5. The van der Waals surface area contributed by atoms with E-state index in [2.05, 4.69) is 20.9 Å². The summed E-state index contributed by atoms with van der Waals surface area (Å²) in [5.41, 5.74) is 2.97. The minimum atomic E-state index is -0.249. The monoisotopic (exact) mass is 392 g/mol. The second-order valence-electron chi connectivity index (χ2n) is 6.75. The predicted molar refractivity (Wildman–Crippen MR) is 111 cm³/mol. The number of amides is 2. The van der Waals surface area contributed by atoms with Crippen LogP contribution in [-0.4, -0.2) is 22.8 Å². The molecule has 0 atom stereocenters. The molecule has 1 saturated carbocycles. The van der Waals surface area contributed by atoms with Crippen molar-refractivity contribution in [1.29, 1.82) is 0 Å². The molecule has 1 aliphatic rings. The molecule has 6 nitrogen and oxygen atoms in total. The molecule has 1 fully saturated rings. The minimum absolute atomic E-state index is 0.106. The Kier molecular flexibility index (Phi) is 5.08. The van der Waals surface area contributed by atoms with Crippen molar-refractivity contribution in [3.8, 4) is 0 Å². The molecular weight excluding hydrogens is 372 g/mol. The van der Waals surface area contributed by atoms with E-state index in [9.17, 15) is 9.59 Å². The van der Waals surface area contributed by atoms with Gasteiger partial charge in [-0.15, -0.1) is 0 Å². The Morgan fingerprint density at radius 1 is 1.07 bits per heavy atom. The van der Waals surface area contributed by atoms with Gasteiger partial charge in [-0.25, -0.2) is 4.98 Å². The molecule has 28 heavy (non-hydrogen) atoms. The number of nitrogens with zero attached hydrogens (tertiary/aromatic N) is 1. The first kappa shape index (κ1) is 18.2. The van der Waals surface area contributed by atoms with E-state index in [1.165, 1.54) is 11.3 Å². The number of hydrogen-bond donors (Lipinski definition) is 3. The molecule has 0 bridgehead atoms. The van der Waals surface area contributed by atoms with Gasteiger partial charge in [0.15, 0.2) is 5.13 Å². The molecular formula is C21H20N4O2S. The first-order valence-corrected chi connectivity index (χ1v) is 9.91. The van der Waals surface area contributed by atoms with E-state index in [4.69, 9.17) is 0 Å². The number of nitrogens with one attached hydrogen (secondary N) is 3. The molecule has 1 aromatic heterocycles. The maximum atomic E-state index is 12.6. The number of aromatic nitrogens is 1. The molecule has 1 aliphatic carbocycles. The molecule has 0 aliphatic heterocycles. The van der Waals surface area contributed by atoms with Gasteiger partial charge in [0.1, 0.15) is 4.88 Å². The maximum Gasteiger partial charge on any atom is 0.267 e. The summed E-state index contributed by atoms with van der Waals surface area (Å²) in [7, 11) is 0. The van der Waals surface area contributed by atoms with Gasteiger partial charge in [-0.2, -0.15) is 0 Å². The zero-order valence-corrected chi connectivity index (χ0v) is 16.2. The Morgan fingerprint density at radius 3 is 2.61 bits per heavy atom. The van der Waals surface area contributed by atoms with E-state index < -0.39 is 0 Å². The van der Waals surface area contributed by atoms with Gasteiger partial charge >= 0.3 is 0 Å². The van der Waals surface area contributed by atoms with Crippen LogP contribution in [0.25, 0.3) is 0 Å². The fourth-order valence-corrected chi connectivity index (χ4v) is 3.39. The lowest BCUT2D eigenvalue weighted by atomic mass is 10.1. The van der Waals surface area contributed by atoms with E-state index in [0.29, 0.717) is 27.3 Å². The molecule has 142 valence electrons. The number of aryl methyl sites for hydroxylation is 1. The molecule has 0 unspecified atom stereocenters. The quantitative estimate of drug-likeness (QED) is 0.583.